The highest BCUT2D eigenvalue weighted by Crippen LogP contribution is 2.30. The minimum atomic E-state index is -3.88. The summed E-state index contributed by atoms with van der Waals surface area (Å²) in [6, 6.07) is 14.8. The van der Waals surface area contributed by atoms with Crippen LogP contribution in [0, 0.1) is 0 Å². The van der Waals surface area contributed by atoms with E-state index in [2.05, 4.69) is 10.3 Å². The second-order valence-electron chi connectivity index (χ2n) is 6.83. The molecule has 150 valence electrons. The molecule has 3 aromatic rings. The van der Waals surface area contributed by atoms with Gasteiger partial charge in [0, 0.05) is 29.9 Å². The number of hydrogen-bond acceptors (Lipinski definition) is 5. The fourth-order valence-corrected chi connectivity index (χ4v) is 5.45. The summed E-state index contributed by atoms with van der Waals surface area (Å²) in [5.74, 6) is 0.257. The second kappa shape index (κ2) is 7.81. The predicted molar refractivity (Wildman–Crippen MR) is 110 cm³/mol. The number of nitrogens with one attached hydrogen (secondary N) is 1. The number of rotatable bonds is 5. The Morgan fingerprint density at radius 1 is 1.17 bits per heavy atom. The van der Waals surface area contributed by atoms with E-state index in [0.717, 1.165) is 5.39 Å². The van der Waals surface area contributed by atoms with E-state index in [4.69, 9.17) is 4.74 Å². The molecule has 2 heterocycles. The Labute approximate surface area is 169 Å². The van der Waals surface area contributed by atoms with Crippen molar-refractivity contribution in [2.45, 2.75) is 23.8 Å². The molecule has 1 aromatic heterocycles. The molecule has 0 saturated carbocycles. The molecule has 8 heteroatoms. The Hall–Kier alpha value is -2.97. The van der Waals surface area contributed by atoms with E-state index in [9.17, 15) is 13.2 Å². The van der Waals surface area contributed by atoms with Crippen molar-refractivity contribution in [1.29, 1.82) is 0 Å². The van der Waals surface area contributed by atoms with Crippen molar-refractivity contribution < 1.29 is 17.9 Å². The van der Waals surface area contributed by atoms with E-state index in [1.807, 2.05) is 12.1 Å². The first-order chi connectivity index (χ1) is 14.0. The molecule has 1 saturated heterocycles. The number of carbonyl (C=O) groups is 1. The summed E-state index contributed by atoms with van der Waals surface area (Å²) in [7, 11) is -2.33. The summed E-state index contributed by atoms with van der Waals surface area (Å²) in [5.41, 5.74) is 0.972. The van der Waals surface area contributed by atoms with E-state index in [-0.39, 0.29) is 10.8 Å². The number of amides is 1. The van der Waals surface area contributed by atoms with Gasteiger partial charge in [-0.15, -0.1) is 0 Å². The molecule has 29 heavy (non-hydrogen) atoms. The summed E-state index contributed by atoms with van der Waals surface area (Å²) >= 11 is 0. The molecule has 1 atom stereocenters. The van der Waals surface area contributed by atoms with Gasteiger partial charge >= 0.3 is 0 Å². The second-order valence-corrected chi connectivity index (χ2v) is 8.69. The molecule has 4 rings (SSSR count). The highest BCUT2D eigenvalue weighted by Gasteiger charge is 2.40. The van der Waals surface area contributed by atoms with Crippen molar-refractivity contribution in [1.82, 2.24) is 9.29 Å². The van der Waals surface area contributed by atoms with Gasteiger partial charge in [-0.2, -0.15) is 4.31 Å². The van der Waals surface area contributed by atoms with Gasteiger partial charge in [0.25, 0.3) is 0 Å². The van der Waals surface area contributed by atoms with Crippen LogP contribution in [0.1, 0.15) is 12.8 Å². The Kier molecular flexibility index (Phi) is 5.21. The van der Waals surface area contributed by atoms with Gasteiger partial charge in [-0.05, 0) is 37.1 Å². The first-order valence-corrected chi connectivity index (χ1v) is 10.8. The number of carbonyl (C=O) groups excluding carboxylic acids is 1. The lowest BCUT2D eigenvalue weighted by molar-refractivity contribution is -0.119. The molecule has 0 unspecified atom stereocenters. The predicted octanol–water partition coefficient (Wildman–Crippen LogP) is 3.04. The smallest absolute Gasteiger partial charge is 0.245 e. The van der Waals surface area contributed by atoms with Crippen molar-refractivity contribution in [3.8, 4) is 5.75 Å². The highest BCUT2D eigenvalue weighted by atomic mass is 32.2. The maximum absolute atomic E-state index is 13.4. The summed E-state index contributed by atoms with van der Waals surface area (Å²) in [6.07, 6.45) is 2.65. The van der Waals surface area contributed by atoms with Crippen molar-refractivity contribution in [3.05, 3.63) is 60.8 Å². The maximum Gasteiger partial charge on any atom is 0.245 e. The van der Waals surface area contributed by atoms with E-state index in [1.54, 1.807) is 55.8 Å². The van der Waals surface area contributed by atoms with Crippen LogP contribution in [0.3, 0.4) is 0 Å². The lowest BCUT2D eigenvalue weighted by Gasteiger charge is -2.24. The van der Waals surface area contributed by atoms with Crippen molar-refractivity contribution in [3.63, 3.8) is 0 Å². The number of nitrogens with zero attached hydrogens (tertiary/aromatic N) is 2. The van der Waals surface area contributed by atoms with Crippen molar-refractivity contribution in [2.75, 3.05) is 19.0 Å². The summed E-state index contributed by atoms with van der Waals surface area (Å²) < 4.78 is 33.3. The van der Waals surface area contributed by atoms with Crippen LogP contribution in [0.25, 0.3) is 10.9 Å². The van der Waals surface area contributed by atoms with E-state index in [1.165, 1.54) is 4.31 Å². The third-order valence-electron chi connectivity index (χ3n) is 5.03. The molecule has 1 N–H and O–H groups in total. The molecule has 1 aliphatic heterocycles. The number of benzene rings is 2. The molecule has 7 nitrogen and oxygen atoms in total. The minimum absolute atomic E-state index is 0.122. The number of methoxy groups -OCH3 is 1. The lowest BCUT2D eigenvalue weighted by Crippen LogP contribution is -2.43. The quantitative estimate of drug-likeness (QED) is 0.697. The van der Waals surface area contributed by atoms with Gasteiger partial charge in [-0.3, -0.25) is 9.78 Å². The Morgan fingerprint density at radius 3 is 2.79 bits per heavy atom. The third kappa shape index (κ3) is 3.68. The number of aromatic nitrogens is 1. The van der Waals surface area contributed by atoms with Crippen LogP contribution in [-0.2, 0) is 14.8 Å². The molecule has 1 amide bonds. The fourth-order valence-electron chi connectivity index (χ4n) is 3.63. The number of sulfonamides is 1. The monoisotopic (exact) mass is 411 g/mol. The van der Waals surface area contributed by atoms with E-state index < -0.39 is 16.1 Å². The topological polar surface area (TPSA) is 88.6 Å². The molecule has 0 radical (unpaired) electrons. The first kappa shape index (κ1) is 19.4. The Balaban J connectivity index is 1.64. The zero-order valence-corrected chi connectivity index (χ0v) is 16.7. The van der Waals surface area contributed by atoms with E-state index in [0.29, 0.717) is 36.3 Å². The van der Waals surface area contributed by atoms with Gasteiger partial charge in [0.15, 0.2) is 0 Å². The third-order valence-corrected chi connectivity index (χ3v) is 6.97. The van der Waals surface area contributed by atoms with Gasteiger partial charge < -0.3 is 10.1 Å². The molecular formula is C21H21N3O4S. The standard InChI is InChI=1S/C21H21N3O4S/c1-28-17-9-3-8-16(14-17)23-21(25)18-10-5-13-24(18)29(26,27)19-11-2-6-15-7-4-12-22-20(15)19/h2-4,6-9,11-12,14,18H,5,10,13H2,1H3,(H,23,25)/t18-/m0/s1. The molecule has 1 fully saturated rings. The number of hydrogen-bond donors (Lipinski definition) is 1. The van der Waals surface area contributed by atoms with Crippen LogP contribution in [0.4, 0.5) is 5.69 Å². The van der Waals surface area contributed by atoms with Crippen LogP contribution in [0.5, 0.6) is 5.75 Å². The van der Waals surface area contributed by atoms with Crippen LogP contribution in [0.2, 0.25) is 0 Å². The highest BCUT2D eigenvalue weighted by molar-refractivity contribution is 7.89. The van der Waals surface area contributed by atoms with Gasteiger partial charge in [-0.1, -0.05) is 24.3 Å². The lowest BCUT2D eigenvalue weighted by atomic mass is 10.2. The molecule has 0 bridgehead atoms. The van der Waals surface area contributed by atoms with Crippen LogP contribution in [-0.4, -0.2) is 43.3 Å². The van der Waals surface area contributed by atoms with Gasteiger partial charge in [-0.25, -0.2) is 8.42 Å². The molecular weight excluding hydrogens is 390 g/mol. The van der Waals surface area contributed by atoms with Crippen molar-refractivity contribution >= 4 is 32.5 Å². The number of para-hydroxylation sites is 1. The maximum atomic E-state index is 13.4. The number of pyridine rings is 1. The minimum Gasteiger partial charge on any atom is -0.497 e. The summed E-state index contributed by atoms with van der Waals surface area (Å²) in [6.45, 7) is 0.293. The zero-order valence-electron chi connectivity index (χ0n) is 15.9. The fraction of sp³-hybridized carbons (Fsp3) is 0.238. The van der Waals surface area contributed by atoms with Gasteiger partial charge in [0.1, 0.15) is 16.7 Å². The normalized spacial score (nSPS) is 17.3. The summed E-state index contributed by atoms with van der Waals surface area (Å²) in [5, 5.41) is 3.55. The van der Waals surface area contributed by atoms with Gasteiger partial charge in [0.05, 0.1) is 12.6 Å². The van der Waals surface area contributed by atoms with E-state index >= 15 is 0 Å². The molecule has 2 aromatic carbocycles. The molecule has 1 aliphatic rings. The average Bonchev–Trinajstić information content (AvgIpc) is 3.24. The average molecular weight is 411 g/mol. The number of anilines is 1. The molecule has 0 aliphatic carbocycles. The Bertz CT molecular complexity index is 1160. The van der Waals surface area contributed by atoms with Crippen LogP contribution < -0.4 is 10.1 Å². The Morgan fingerprint density at radius 2 is 1.97 bits per heavy atom. The SMILES string of the molecule is COc1cccc(NC(=O)[C@@H]2CCCN2S(=O)(=O)c2cccc3cccnc23)c1. The number of fused-ring (bicyclic) bond motifs is 1. The largest absolute Gasteiger partial charge is 0.497 e. The van der Waals surface area contributed by atoms with Gasteiger partial charge in [0.2, 0.25) is 15.9 Å². The van der Waals surface area contributed by atoms with Crippen LogP contribution >= 0.6 is 0 Å². The zero-order chi connectivity index (χ0) is 20.4. The number of ether oxygens (including phenoxy) is 1. The first-order valence-electron chi connectivity index (χ1n) is 9.31. The summed E-state index contributed by atoms with van der Waals surface area (Å²) in [4.78, 5) is 17.3. The van der Waals surface area contributed by atoms with Crippen LogP contribution in [0.15, 0.2) is 65.7 Å². The molecule has 0 spiro atoms. The van der Waals surface area contributed by atoms with Crippen molar-refractivity contribution in [2.24, 2.45) is 0 Å².